The third kappa shape index (κ3) is 8.90. The number of hydrogen-bond donors (Lipinski definition) is 1. The molecule has 26 heavy (non-hydrogen) atoms. The van der Waals surface area contributed by atoms with Gasteiger partial charge in [0.1, 0.15) is 5.78 Å². The van der Waals surface area contributed by atoms with Gasteiger partial charge < -0.3 is 9.84 Å². The first-order valence-corrected chi connectivity index (χ1v) is 11.4. The van der Waals surface area contributed by atoms with Crippen LogP contribution in [0.4, 0.5) is 0 Å². The summed E-state index contributed by atoms with van der Waals surface area (Å²) in [5, 5.41) is 10.5. The van der Waals surface area contributed by atoms with E-state index in [0.29, 0.717) is 17.5 Å². The zero-order valence-electron chi connectivity index (χ0n) is 16.9. The lowest BCUT2D eigenvalue weighted by Crippen LogP contribution is -2.20. The normalized spacial score (nSPS) is 22.4. The number of ketones is 1. The van der Waals surface area contributed by atoms with E-state index < -0.39 is 0 Å². The number of carbonyl (C=O) groups is 2. The van der Waals surface area contributed by atoms with Crippen molar-refractivity contribution >= 4 is 23.5 Å². The molecule has 0 radical (unpaired) electrons. The summed E-state index contributed by atoms with van der Waals surface area (Å²) in [5.41, 5.74) is 0. The molecule has 0 aromatic carbocycles. The smallest absolute Gasteiger partial charge is 0.308 e. The first-order chi connectivity index (χ1) is 12.5. The van der Waals surface area contributed by atoms with Gasteiger partial charge >= 0.3 is 5.97 Å². The Morgan fingerprint density at radius 2 is 1.96 bits per heavy atom. The highest BCUT2D eigenvalue weighted by atomic mass is 32.2. The summed E-state index contributed by atoms with van der Waals surface area (Å²) in [7, 11) is 1.43. The van der Waals surface area contributed by atoms with Gasteiger partial charge in [-0.05, 0) is 25.7 Å². The number of rotatable bonds is 14. The number of unbranched alkanes of at least 4 members (excludes halogenated alkanes) is 4. The van der Waals surface area contributed by atoms with Crippen molar-refractivity contribution in [3.63, 3.8) is 0 Å². The molecule has 0 spiro atoms. The molecule has 1 fully saturated rings. The van der Waals surface area contributed by atoms with Gasteiger partial charge in [-0.25, -0.2) is 0 Å². The lowest BCUT2D eigenvalue weighted by molar-refractivity contribution is -0.145. The van der Waals surface area contributed by atoms with Gasteiger partial charge in [0.15, 0.2) is 0 Å². The summed E-state index contributed by atoms with van der Waals surface area (Å²) < 4.78 is 4.75. The van der Waals surface area contributed by atoms with Crippen molar-refractivity contribution in [1.82, 2.24) is 0 Å². The number of thioether (sulfide) groups is 1. The molecular weight excluding hydrogens is 348 g/mol. The molecule has 1 aliphatic carbocycles. The summed E-state index contributed by atoms with van der Waals surface area (Å²) in [6.45, 7) is 4.08. The molecule has 4 unspecified atom stereocenters. The van der Waals surface area contributed by atoms with E-state index in [-0.39, 0.29) is 23.9 Å². The number of carbonyl (C=O) groups excluding carboxylic acids is 2. The number of Topliss-reactive ketones (excluding diaryl/α,β-unsaturated/α-hetero) is 1. The molecule has 0 saturated heterocycles. The Morgan fingerprint density at radius 1 is 1.23 bits per heavy atom. The van der Waals surface area contributed by atoms with Crippen molar-refractivity contribution in [1.29, 1.82) is 0 Å². The van der Waals surface area contributed by atoms with Crippen LogP contribution in [0.5, 0.6) is 0 Å². The molecule has 1 N–H and O–H groups in total. The van der Waals surface area contributed by atoms with Crippen LogP contribution in [-0.4, -0.2) is 41.1 Å². The Hall–Kier alpha value is -0.550. The van der Waals surface area contributed by atoms with E-state index in [0.717, 1.165) is 57.1 Å². The Balaban J connectivity index is 2.22. The SMILES string of the molecule is CCCCCC(O)CSC1CCC(=O)C1CCCCCC(C)C(=O)OC. The van der Waals surface area contributed by atoms with Crippen LogP contribution in [-0.2, 0) is 14.3 Å². The summed E-state index contributed by atoms with van der Waals surface area (Å²) in [5.74, 6) is 1.16. The summed E-state index contributed by atoms with van der Waals surface area (Å²) in [6.07, 6.45) is 10.7. The van der Waals surface area contributed by atoms with E-state index in [2.05, 4.69) is 6.92 Å². The van der Waals surface area contributed by atoms with Crippen LogP contribution < -0.4 is 0 Å². The summed E-state index contributed by atoms with van der Waals surface area (Å²) in [4.78, 5) is 23.6. The highest BCUT2D eigenvalue weighted by molar-refractivity contribution is 8.00. The number of methoxy groups -OCH3 is 1. The van der Waals surface area contributed by atoms with Crippen LogP contribution in [0.1, 0.15) is 84.5 Å². The molecule has 5 heteroatoms. The fourth-order valence-corrected chi connectivity index (χ4v) is 5.12. The van der Waals surface area contributed by atoms with Gasteiger partial charge in [-0.3, -0.25) is 9.59 Å². The molecule has 0 amide bonds. The van der Waals surface area contributed by atoms with Crippen molar-refractivity contribution in [2.45, 2.75) is 95.8 Å². The van der Waals surface area contributed by atoms with Gasteiger partial charge in [0.2, 0.25) is 0 Å². The quantitative estimate of drug-likeness (QED) is 0.344. The molecule has 4 atom stereocenters. The van der Waals surface area contributed by atoms with Gasteiger partial charge in [0.05, 0.1) is 19.1 Å². The minimum absolute atomic E-state index is 0.0365. The molecule has 0 heterocycles. The zero-order valence-corrected chi connectivity index (χ0v) is 17.7. The minimum Gasteiger partial charge on any atom is -0.469 e. The first-order valence-electron chi connectivity index (χ1n) is 10.4. The maximum Gasteiger partial charge on any atom is 0.308 e. The topological polar surface area (TPSA) is 63.6 Å². The molecule has 1 rings (SSSR count). The third-order valence-corrected chi connectivity index (χ3v) is 7.01. The molecule has 152 valence electrons. The Labute approximate surface area is 163 Å². The molecule has 1 saturated carbocycles. The molecule has 1 aliphatic rings. The number of aliphatic hydroxyl groups excluding tert-OH is 1. The molecule has 0 aromatic heterocycles. The van der Waals surface area contributed by atoms with E-state index in [1.165, 1.54) is 20.0 Å². The van der Waals surface area contributed by atoms with Crippen molar-refractivity contribution in [3.8, 4) is 0 Å². The van der Waals surface area contributed by atoms with E-state index in [9.17, 15) is 14.7 Å². The average Bonchev–Trinajstić information content (AvgIpc) is 2.98. The Kier molecular flexibility index (Phi) is 12.3. The van der Waals surface area contributed by atoms with Crippen LogP contribution in [0.15, 0.2) is 0 Å². The predicted molar refractivity (Wildman–Crippen MR) is 108 cm³/mol. The van der Waals surface area contributed by atoms with Crippen molar-refractivity contribution in [2.75, 3.05) is 12.9 Å². The molecule has 4 nitrogen and oxygen atoms in total. The maximum absolute atomic E-state index is 12.2. The highest BCUT2D eigenvalue weighted by Gasteiger charge is 2.34. The first kappa shape index (κ1) is 23.5. The number of hydrogen-bond acceptors (Lipinski definition) is 5. The largest absolute Gasteiger partial charge is 0.469 e. The number of aliphatic hydroxyl groups is 1. The van der Waals surface area contributed by atoms with Crippen molar-refractivity contribution < 1.29 is 19.4 Å². The maximum atomic E-state index is 12.2. The third-order valence-electron chi connectivity index (χ3n) is 5.44. The lowest BCUT2D eigenvalue weighted by Gasteiger charge is -2.20. The van der Waals surface area contributed by atoms with Gasteiger partial charge in [-0.1, -0.05) is 52.4 Å². The number of esters is 1. The van der Waals surface area contributed by atoms with E-state index in [1.54, 1.807) is 11.8 Å². The van der Waals surface area contributed by atoms with Crippen molar-refractivity contribution in [2.24, 2.45) is 11.8 Å². The van der Waals surface area contributed by atoms with Gasteiger partial charge in [-0.2, -0.15) is 11.8 Å². The monoisotopic (exact) mass is 386 g/mol. The van der Waals surface area contributed by atoms with Gasteiger partial charge in [-0.15, -0.1) is 0 Å². The fraction of sp³-hybridized carbons (Fsp3) is 0.905. The van der Waals surface area contributed by atoms with Crippen LogP contribution in [0, 0.1) is 11.8 Å². The van der Waals surface area contributed by atoms with E-state index in [4.69, 9.17) is 4.74 Å². The van der Waals surface area contributed by atoms with Crippen LogP contribution in [0.3, 0.4) is 0 Å². The van der Waals surface area contributed by atoms with E-state index in [1.807, 2.05) is 6.92 Å². The molecule has 0 aliphatic heterocycles. The predicted octanol–water partition coefficient (Wildman–Crippen LogP) is 4.77. The lowest BCUT2D eigenvalue weighted by atomic mass is 9.96. The summed E-state index contributed by atoms with van der Waals surface area (Å²) in [6, 6.07) is 0. The second kappa shape index (κ2) is 13.6. The van der Waals surface area contributed by atoms with Crippen LogP contribution in [0.25, 0.3) is 0 Å². The van der Waals surface area contributed by atoms with Crippen LogP contribution >= 0.6 is 11.8 Å². The fourth-order valence-electron chi connectivity index (χ4n) is 3.68. The molecule has 0 bridgehead atoms. The van der Waals surface area contributed by atoms with E-state index >= 15 is 0 Å². The highest BCUT2D eigenvalue weighted by Crippen LogP contribution is 2.36. The zero-order chi connectivity index (χ0) is 19.4. The van der Waals surface area contributed by atoms with Gasteiger partial charge in [0.25, 0.3) is 0 Å². The second-order valence-corrected chi connectivity index (χ2v) is 8.97. The summed E-state index contributed by atoms with van der Waals surface area (Å²) >= 11 is 1.81. The molecular formula is C21H38O4S. The van der Waals surface area contributed by atoms with Crippen molar-refractivity contribution in [3.05, 3.63) is 0 Å². The molecule has 0 aromatic rings. The Bertz CT molecular complexity index is 413. The van der Waals surface area contributed by atoms with Gasteiger partial charge in [0, 0.05) is 23.3 Å². The number of ether oxygens (including phenoxy) is 1. The second-order valence-electron chi connectivity index (χ2n) is 7.70. The minimum atomic E-state index is -0.234. The average molecular weight is 387 g/mol. The Morgan fingerprint density at radius 3 is 2.65 bits per heavy atom. The standard InChI is InChI=1S/C21H38O4S/c1-4-5-7-11-17(22)15-26-20-14-13-19(23)18(20)12-9-6-8-10-16(2)21(24)25-3/h16-18,20,22H,4-15H2,1-3H3. The van der Waals surface area contributed by atoms with Crippen LogP contribution in [0.2, 0.25) is 0 Å².